The van der Waals surface area contributed by atoms with E-state index in [1.54, 1.807) is 13.3 Å². The van der Waals surface area contributed by atoms with E-state index in [-0.39, 0.29) is 5.91 Å². The molecule has 3 nitrogen and oxygen atoms in total. The van der Waals surface area contributed by atoms with Crippen molar-refractivity contribution < 1.29 is 9.36 Å². The zero-order valence-electron chi connectivity index (χ0n) is 13.6. The van der Waals surface area contributed by atoms with Gasteiger partial charge in [-0.3, -0.25) is 4.79 Å². The molecule has 23 heavy (non-hydrogen) atoms. The number of hydrogen-bond acceptors (Lipinski definition) is 2. The van der Waals surface area contributed by atoms with E-state index in [2.05, 4.69) is 5.32 Å². The lowest BCUT2D eigenvalue weighted by atomic mass is 10.0. The first-order chi connectivity index (χ1) is 10.8. The van der Waals surface area contributed by atoms with Crippen molar-refractivity contribution in [1.82, 2.24) is 0 Å². The summed E-state index contributed by atoms with van der Waals surface area (Å²) in [5, 5.41) is 2.91. The van der Waals surface area contributed by atoms with Crippen molar-refractivity contribution in [3.8, 4) is 0 Å². The Hall–Kier alpha value is -2.12. The monoisotopic (exact) mass is 325 g/mol. The van der Waals surface area contributed by atoms with Gasteiger partial charge in [0.1, 0.15) is 0 Å². The summed E-state index contributed by atoms with van der Waals surface area (Å²) in [4.78, 5) is 12.3. The number of anilines is 1. The first-order valence-electron chi connectivity index (χ1n) is 7.59. The number of hydrogen-bond donors (Lipinski definition) is 1. The van der Waals surface area contributed by atoms with E-state index < -0.39 is 7.14 Å². The number of aryl methyl sites for hydroxylation is 1. The average molecular weight is 325 g/mol. The maximum absolute atomic E-state index is 12.3. The second kappa shape index (κ2) is 5.82. The molecule has 0 spiro atoms. The molecule has 0 saturated carbocycles. The smallest absolute Gasteiger partial charge is 0.256 e. The summed E-state index contributed by atoms with van der Waals surface area (Å²) in [7, 11) is -2.13. The van der Waals surface area contributed by atoms with E-state index in [0.29, 0.717) is 11.7 Å². The van der Waals surface area contributed by atoms with E-state index in [1.165, 1.54) is 5.56 Å². The van der Waals surface area contributed by atoms with Crippen LogP contribution in [0.25, 0.3) is 11.6 Å². The topological polar surface area (TPSA) is 46.2 Å². The Bertz CT molecular complexity index is 844. The van der Waals surface area contributed by atoms with Crippen LogP contribution in [-0.2, 0) is 15.5 Å². The molecule has 0 saturated heterocycles. The van der Waals surface area contributed by atoms with Gasteiger partial charge < -0.3 is 9.88 Å². The van der Waals surface area contributed by atoms with Gasteiger partial charge in [-0.15, -0.1) is 0 Å². The Kier molecular flexibility index (Phi) is 3.99. The van der Waals surface area contributed by atoms with Crippen LogP contribution in [0.4, 0.5) is 5.69 Å². The number of carbonyl (C=O) groups excluding carboxylic acids is 1. The molecule has 118 valence electrons. The quantitative estimate of drug-likeness (QED) is 0.661. The largest absolute Gasteiger partial charge is 0.324 e. The van der Waals surface area contributed by atoms with Gasteiger partial charge in [-0.25, -0.2) is 0 Å². The molecule has 0 aliphatic carbocycles. The average Bonchev–Trinajstić information content (AvgIpc) is 2.75. The van der Waals surface area contributed by atoms with Crippen LogP contribution in [0.5, 0.6) is 0 Å². The van der Waals surface area contributed by atoms with Gasteiger partial charge in [0.15, 0.2) is 0 Å². The van der Waals surface area contributed by atoms with Crippen LogP contribution < -0.4 is 5.32 Å². The van der Waals surface area contributed by atoms with Crippen LogP contribution in [0, 0.1) is 6.92 Å². The highest BCUT2D eigenvalue weighted by Gasteiger charge is 2.24. The number of carbonyl (C=O) groups is 1. The van der Waals surface area contributed by atoms with Gasteiger partial charge in [0.05, 0.1) is 7.14 Å². The van der Waals surface area contributed by atoms with Gasteiger partial charge in [-0.05, 0) is 43.5 Å². The molecule has 0 unspecified atom stereocenters. The third-order valence-electron chi connectivity index (χ3n) is 3.82. The Balaban J connectivity index is 1.96. The summed E-state index contributed by atoms with van der Waals surface area (Å²) in [5.74, 6) is -0.0890. The molecular formula is C19H20NO2P. The molecule has 0 atom stereocenters. The maximum Gasteiger partial charge on any atom is 0.256 e. The highest BCUT2D eigenvalue weighted by atomic mass is 31.2. The Morgan fingerprint density at radius 3 is 2.43 bits per heavy atom. The third-order valence-corrected chi connectivity index (χ3v) is 4.95. The third kappa shape index (κ3) is 3.62. The fraction of sp³-hybridized carbons (Fsp3) is 0.211. The minimum Gasteiger partial charge on any atom is -0.324 e. The summed E-state index contributed by atoms with van der Waals surface area (Å²) < 4.78 is 12.0. The zero-order valence-corrected chi connectivity index (χ0v) is 14.5. The highest BCUT2D eigenvalue weighted by molar-refractivity contribution is 7.61. The van der Waals surface area contributed by atoms with Crippen molar-refractivity contribution in [1.29, 1.82) is 0 Å². The summed E-state index contributed by atoms with van der Waals surface area (Å²) >= 11 is 0. The second-order valence-electron chi connectivity index (χ2n) is 6.53. The van der Waals surface area contributed by atoms with Crippen LogP contribution in [0.2, 0.25) is 0 Å². The Labute approximate surface area is 136 Å². The van der Waals surface area contributed by atoms with Crippen molar-refractivity contribution in [3.63, 3.8) is 0 Å². The molecule has 2 aromatic carbocycles. The number of fused-ring (bicyclic) bond motifs is 1. The van der Waals surface area contributed by atoms with Gasteiger partial charge in [-0.2, -0.15) is 0 Å². The number of nitrogens with one attached hydrogen (secondary N) is 1. The Morgan fingerprint density at radius 1 is 1.09 bits per heavy atom. The van der Waals surface area contributed by atoms with Crippen LogP contribution in [0.15, 0.2) is 42.5 Å². The van der Waals surface area contributed by atoms with Gasteiger partial charge in [-0.1, -0.05) is 42.0 Å². The zero-order chi connectivity index (χ0) is 16.6. The summed E-state index contributed by atoms with van der Waals surface area (Å²) in [5.41, 5.74) is 5.57. The maximum atomic E-state index is 12.3. The molecule has 0 aromatic heterocycles. The lowest BCUT2D eigenvalue weighted by molar-refractivity contribution is -0.110. The van der Waals surface area contributed by atoms with E-state index in [1.807, 2.05) is 55.5 Å². The minimum atomic E-state index is -2.13. The van der Waals surface area contributed by atoms with E-state index in [9.17, 15) is 9.36 Å². The molecule has 1 aliphatic heterocycles. The fourth-order valence-electron chi connectivity index (χ4n) is 2.75. The first kappa shape index (κ1) is 15.8. The van der Waals surface area contributed by atoms with Gasteiger partial charge in [0, 0.05) is 23.0 Å². The van der Waals surface area contributed by atoms with Gasteiger partial charge in [0.25, 0.3) is 5.91 Å². The SMILES string of the molecule is Cc1ccc(/C=C2/C(=O)Nc3cc(CP(C)(C)=O)ccc32)cc1. The number of benzene rings is 2. The van der Waals surface area contributed by atoms with Gasteiger partial charge in [0.2, 0.25) is 0 Å². The standard InChI is InChI=1S/C19H20NO2P/c1-13-4-6-14(7-5-13)10-17-16-9-8-15(12-23(2,3)22)11-18(16)20-19(17)21/h4-11H,12H2,1-3H3,(H,20,21)/b17-10+. The molecular weight excluding hydrogens is 305 g/mol. The van der Waals surface area contributed by atoms with Crippen molar-refractivity contribution in [3.05, 3.63) is 64.7 Å². The molecule has 0 fully saturated rings. The fourth-order valence-corrected chi connectivity index (χ4v) is 3.83. The predicted octanol–water partition coefficient (Wildman–Crippen LogP) is 4.61. The predicted molar refractivity (Wildman–Crippen MR) is 97.3 cm³/mol. The lowest BCUT2D eigenvalue weighted by Crippen LogP contribution is -2.03. The highest BCUT2D eigenvalue weighted by Crippen LogP contribution is 2.42. The van der Waals surface area contributed by atoms with Crippen LogP contribution in [0.1, 0.15) is 22.3 Å². The van der Waals surface area contributed by atoms with E-state index >= 15 is 0 Å². The lowest BCUT2D eigenvalue weighted by Gasteiger charge is -2.08. The molecule has 1 aliphatic rings. The van der Waals surface area contributed by atoms with Crippen molar-refractivity contribution in [2.75, 3.05) is 18.6 Å². The summed E-state index contributed by atoms with van der Waals surface area (Å²) in [6.45, 7) is 5.60. The number of rotatable bonds is 3. The molecule has 4 heteroatoms. The molecule has 1 heterocycles. The molecule has 2 aromatic rings. The van der Waals surface area contributed by atoms with E-state index in [0.717, 1.165) is 22.4 Å². The summed E-state index contributed by atoms with van der Waals surface area (Å²) in [6.07, 6.45) is 2.46. The molecule has 0 bridgehead atoms. The van der Waals surface area contributed by atoms with Crippen molar-refractivity contribution in [2.45, 2.75) is 13.1 Å². The Morgan fingerprint density at radius 2 is 1.78 bits per heavy atom. The van der Waals surface area contributed by atoms with Crippen LogP contribution >= 0.6 is 7.14 Å². The van der Waals surface area contributed by atoms with Gasteiger partial charge >= 0.3 is 0 Å². The molecule has 0 radical (unpaired) electrons. The summed E-state index contributed by atoms with van der Waals surface area (Å²) in [6, 6.07) is 13.9. The molecule has 1 amide bonds. The van der Waals surface area contributed by atoms with Crippen LogP contribution in [-0.4, -0.2) is 19.2 Å². The molecule has 1 N–H and O–H groups in total. The van der Waals surface area contributed by atoms with Crippen molar-refractivity contribution in [2.24, 2.45) is 0 Å². The number of amides is 1. The minimum absolute atomic E-state index is 0.0890. The van der Waals surface area contributed by atoms with Crippen LogP contribution in [0.3, 0.4) is 0 Å². The second-order valence-corrected chi connectivity index (χ2v) is 10.00. The molecule has 3 rings (SSSR count). The first-order valence-corrected chi connectivity index (χ1v) is 10.4. The van der Waals surface area contributed by atoms with E-state index in [4.69, 9.17) is 0 Å². The normalized spacial score (nSPS) is 15.6. The van der Waals surface area contributed by atoms with Crippen molar-refractivity contribution >= 4 is 30.4 Å².